The van der Waals surface area contributed by atoms with E-state index in [0.717, 1.165) is 29.3 Å². The fraction of sp³-hybridized carbons (Fsp3) is 0.333. The lowest BCUT2D eigenvalue weighted by molar-refractivity contribution is 0.0931. The van der Waals surface area contributed by atoms with Crippen LogP contribution in [0.2, 0.25) is 5.02 Å². The van der Waals surface area contributed by atoms with Crippen LogP contribution in [-0.4, -0.2) is 42.4 Å². The van der Waals surface area contributed by atoms with E-state index in [4.69, 9.17) is 11.6 Å². The standard InChI is InChI=1S/C30H32ClFN4O2S/c1-2-23-7-5-6-15-35(23)16-14-33-29(37)20-11-13-28-26(17-20)36(30(38)24-8-3-4-9-27(24)39-28)34-19-21-10-12-22(32)18-25(21)31/h3-4,8-13,17-18,23,34H,2,5-7,14-16,19H2,1H3,(H,33,37). The fourth-order valence-electron chi connectivity index (χ4n) is 5.22. The summed E-state index contributed by atoms with van der Waals surface area (Å²) in [5.74, 6) is -0.849. The summed E-state index contributed by atoms with van der Waals surface area (Å²) in [4.78, 5) is 31.0. The summed E-state index contributed by atoms with van der Waals surface area (Å²) >= 11 is 7.72. The Morgan fingerprint density at radius 1 is 1.10 bits per heavy atom. The molecule has 2 heterocycles. The van der Waals surface area contributed by atoms with Gasteiger partial charge < -0.3 is 5.32 Å². The molecule has 0 saturated carbocycles. The third-order valence-electron chi connectivity index (χ3n) is 7.35. The molecular formula is C30H32ClFN4O2S. The minimum Gasteiger partial charge on any atom is -0.351 e. The van der Waals surface area contributed by atoms with Gasteiger partial charge in [0.2, 0.25) is 0 Å². The van der Waals surface area contributed by atoms with E-state index in [-0.39, 0.29) is 23.4 Å². The predicted octanol–water partition coefficient (Wildman–Crippen LogP) is 6.29. The first kappa shape index (κ1) is 27.6. The molecule has 204 valence electrons. The Labute approximate surface area is 237 Å². The summed E-state index contributed by atoms with van der Waals surface area (Å²) in [6, 6.07) is 17.6. The first-order chi connectivity index (χ1) is 18.9. The highest BCUT2D eigenvalue weighted by Gasteiger charge is 2.28. The molecule has 0 bridgehead atoms. The van der Waals surface area contributed by atoms with Gasteiger partial charge >= 0.3 is 0 Å². The Hall–Kier alpha value is -2.91. The van der Waals surface area contributed by atoms with Crippen LogP contribution in [0.3, 0.4) is 0 Å². The number of hydrogen-bond acceptors (Lipinski definition) is 5. The highest BCUT2D eigenvalue weighted by molar-refractivity contribution is 7.99. The lowest BCUT2D eigenvalue weighted by atomic mass is 10.0. The summed E-state index contributed by atoms with van der Waals surface area (Å²) < 4.78 is 13.6. The largest absolute Gasteiger partial charge is 0.351 e. The Balaban J connectivity index is 1.37. The van der Waals surface area contributed by atoms with Crippen molar-refractivity contribution in [3.05, 3.63) is 88.2 Å². The number of piperidine rings is 1. The number of hydrogen-bond donors (Lipinski definition) is 2. The number of benzene rings is 3. The van der Waals surface area contributed by atoms with Crippen LogP contribution in [0.25, 0.3) is 0 Å². The number of halogens is 2. The van der Waals surface area contributed by atoms with E-state index in [1.165, 1.54) is 48.2 Å². The van der Waals surface area contributed by atoms with Crippen molar-refractivity contribution in [1.29, 1.82) is 0 Å². The van der Waals surface area contributed by atoms with Gasteiger partial charge in [0, 0.05) is 46.1 Å². The average Bonchev–Trinajstić information content (AvgIpc) is 3.06. The lowest BCUT2D eigenvalue weighted by Gasteiger charge is -2.35. The maximum Gasteiger partial charge on any atom is 0.273 e. The van der Waals surface area contributed by atoms with Crippen molar-refractivity contribution >= 4 is 40.9 Å². The molecule has 3 aromatic rings. The van der Waals surface area contributed by atoms with E-state index < -0.39 is 5.82 Å². The number of rotatable bonds is 8. The molecule has 2 N–H and O–H groups in total. The van der Waals surface area contributed by atoms with Gasteiger partial charge in [0.05, 0.1) is 11.3 Å². The number of carbonyl (C=O) groups excluding carboxylic acids is 2. The van der Waals surface area contributed by atoms with Crippen molar-refractivity contribution in [1.82, 2.24) is 15.6 Å². The normalized spacial score (nSPS) is 17.4. The molecule has 0 spiro atoms. The summed E-state index contributed by atoms with van der Waals surface area (Å²) in [5.41, 5.74) is 5.43. The Bertz CT molecular complexity index is 1370. The summed E-state index contributed by atoms with van der Waals surface area (Å²) in [6.07, 6.45) is 4.82. The van der Waals surface area contributed by atoms with E-state index in [0.29, 0.717) is 35.0 Å². The molecule has 2 aliphatic rings. The number of hydrazine groups is 1. The first-order valence-corrected chi connectivity index (χ1v) is 14.6. The molecule has 6 nitrogen and oxygen atoms in total. The molecule has 3 aromatic carbocycles. The second-order valence-corrected chi connectivity index (χ2v) is 11.3. The van der Waals surface area contributed by atoms with Crippen molar-refractivity contribution in [2.45, 2.75) is 55.0 Å². The van der Waals surface area contributed by atoms with Gasteiger partial charge in [-0.15, -0.1) is 0 Å². The van der Waals surface area contributed by atoms with Gasteiger partial charge in [-0.05, 0) is 73.8 Å². The molecule has 2 aliphatic heterocycles. The van der Waals surface area contributed by atoms with Gasteiger partial charge in [0.1, 0.15) is 5.82 Å². The minimum absolute atomic E-state index is 0.177. The minimum atomic E-state index is -0.425. The van der Waals surface area contributed by atoms with E-state index in [9.17, 15) is 14.0 Å². The topological polar surface area (TPSA) is 64.7 Å². The third-order valence-corrected chi connectivity index (χ3v) is 8.84. The molecule has 0 radical (unpaired) electrons. The average molecular weight is 567 g/mol. The van der Waals surface area contributed by atoms with Crippen LogP contribution in [0.5, 0.6) is 0 Å². The zero-order valence-corrected chi connectivity index (χ0v) is 23.5. The number of amides is 2. The van der Waals surface area contributed by atoms with Crippen LogP contribution in [-0.2, 0) is 6.54 Å². The summed E-state index contributed by atoms with van der Waals surface area (Å²) in [7, 11) is 0. The van der Waals surface area contributed by atoms with Crippen molar-refractivity contribution in [2.75, 3.05) is 24.6 Å². The quantitative estimate of drug-likeness (QED) is 0.335. The van der Waals surface area contributed by atoms with Crippen molar-refractivity contribution in [3.8, 4) is 0 Å². The molecule has 0 aliphatic carbocycles. The van der Waals surface area contributed by atoms with Gasteiger partial charge in [-0.25, -0.2) is 14.8 Å². The smallest absolute Gasteiger partial charge is 0.273 e. The highest BCUT2D eigenvalue weighted by Crippen LogP contribution is 2.41. The molecule has 0 aromatic heterocycles. The van der Waals surface area contributed by atoms with Crippen LogP contribution in [0.1, 0.15) is 58.9 Å². The second kappa shape index (κ2) is 12.5. The van der Waals surface area contributed by atoms with Crippen LogP contribution >= 0.6 is 23.4 Å². The van der Waals surface area contributed by atoms with E-state index in [1.807, 2.05) is 24.3 Å². The predicted molar refractivity (Wildman–Crippen MR) is 154 cm³/mol. The molecule has 9 heteroatoms. The van der Waals surface area contributed by atoms with Gasteiger partial charge in [-0.3, -0.25) is 14.5 Å². The molecule has 1 unspecified atom stereocenters. The van der Waals surface area contributed by atoms with Gasteiger partial charge in [0.15, 0.2) is 0 Å². The maximum absolute atomic E-state index is 13.7. The zero-order chi connectivity index (χ0) is 27.4. The first-order valence-electron chi connectivity index (χ1n) is 13.4. The molecule has 1 fully saturated rings. The summed E-state index contributed by atoms with van der Waals surface area (Å²) in [5, 5.41) is 4.80. The number of likely N-dealkylation sites (tertiary alicyclic amines) is 1. The maximum atomic E-state index is 13.7. The number of fused-ring (bicyclic) bond motifs is 2. The Kier molecular flexibility index (Phi) is 8.87. The molecular weight excluding hydrogens is 535 g/mol. The summed E-state index contributed by atoms with van der Waals surface area (Å²) in [6.45, 7) is 4.88. The van der Waals surface area contributed by atoms with Crippen molar-refractivity contribution in [2.24, 2.45) is 0 Å². The van der Waals surface area contributed by atoms with E-state index in [2.05, 4.69) is 22.6 Å². The third kappa shape index (κ3) is 6.30. The Morgan fingerprint density at radius 2 is 1.95 bits per heavy atom. The van der Waals surface area contributed by atoms with Gasteiger partial charge in [0.25, 0.3) is 11.8 Å². The van der Waals surface area contributed by atoms with Crippen LogP contribution in [0, 0.1) is 5.82 Å². The van der Waals surface area contributed by atoms with Gasteiger partial charge in [-0.1, -0.05) is 54.9 Å². The molecule has 1 atom stereocenters. The molecule has 5 rings (SSSR count). The zero-order valence-electron chi connectivity index (χ0n) is 21.9. The Morgan fingerprint density at radius 3 is 2.77 bits per heavy atom. The highest BCUT2D eigenvalue weighted by atomic mass is 35.5. The number of nitrogens with zero attached hydrogens (tertiary/aromatic N) is 2. The van der Waals surface area contributed by atoms with Crippen molar-refractivity contribution in [3.63, 3.8) is 0 Å². The van der Waals surface area contributed by atoms with Crippen LogP contribution in [0.4, 0.5) is 10.1 Å². The van der Waals surface area contributed by atoms with E-state index >= 15 is 0 Å². The molecule has 1 saturated heterocycles. The van der Waals surface area contributed by atoms with Crippen molar-refractivity contribution < 1.29 is 14.0 Å². The van der Waals surface area contributed by atoms with Gasteiger partial charge in [-0.2, -0.15) is 0 Å². The van der Waals surface area contributed by atoms with Crippen LogP contribution in [0.15, 0.2) is 70.5 Å². The lowest BCUT2D eigenvalue weighted by Crippen LogP contribution is -2.44. The monoisotopic (exact) mass is 566 g/mol. The number of carbonyl (C=O) groups is 2. The second-order valence-electron chi connectivity index (χ2n) is 9.84. The van der Waals surface area contributed by atoms with Crippen LogP contribution < -0.4 is 15.8 Å². The van der Waals surface area contributed by atoms with E-state index in [1.54, 1.807) is 24.3 Å². The molecule has 39 heavy (non-hydrogen) atoms. The fourth-order valence-corrected chi connectivity index (χ4v) is 6.49. The molecule has 2 amide bonds. The number of anilines is 1. The SMILES string of the molecule is CCC1CCCCN1CCNC(=O)c1ccc2c(c1)N(NCc1ccc(F)cc1Cl)C(=O)c1ccccc1S2. The number of nitrogens with one attached hydrogen (secondary N) is 2.